The van der Waals surface area contributed by atoms with Gasteiger partial charge in [-0.2, -0.15) is 0 Å². The second-order valence-corrected chi connectivity index (χ2v) is 8.80. The summed E-state index contributed by atoms with van der Waals surface area (Å²) >= 11 is 1.70. The quantitative estimate of drug-likeness (QED) is 0.669. The van der Waals surface area contributed by atoms with Crippen molar-refractivity contribution in [3.63, 3.8) is 0 Å². The lowest BCUT2D eigenvalue weighted by Gasteiger charge is -2.35. The molecule has 3 rings (SSSR count). The fourth-order valence-electron chi connectivity index (χ4n) is 4.17. The monoisotopic (exact) mass is 433 g/mol. The number of amides is 3. The summed E-state index contributed by atoms with van der Waals surface area (Å²) in [6, 6.07) is 8.40. The molecule has 30 heavy (non-hydrogen) atoms. The van der Waals surface area contributed by atoms with E-state index in [4.69, 9.17) is 4.74 Å². The Morgan fingerprint density at radius 1 is 1.13 bits per heavy atom. The van der Waals surface area contributed by atoms with E-state index in [0.717, 1.165) is 12.8 Å². The third-order valence-corrected chi connectivity index (χ3v) is 6.66. The third kappa shape index (κ3) is 5.68. The molecule has 1 atom stereocenters. The van der Waals surface area contributed by atoms with Gasteiger partial charge >= 0.3 is 6.09 Å². The first-order valence-electron chi connectivity index (χ1n) is 10.6. The molecular formula is C22H31N3O4S. The van der Waals surface area contributed by atoms with Gasteiger partial charge < -0.3 is 19.9 Å². The smallest absolute Gasteiger partial charge is 0.409 e. The van der Waals surface area contributed by atoms with Gasteiger partial charge in [0.2, 0.25) is 11.8 Å². The molecular weight excluding hydrogens is 402 g/mol. The summed E-state index contributed by atoms with van der Waals surface area (Å²) in [5.74, 6) is 0.142. The van der Waals surface area contributed by atoms with E-state index in [1.165, 1.54) is 10.5 Å². The average Bonchev–Trinajstić information content (AvgIpc) is 3.13. The van der Waals surface area contributed by atoms with Crippen LogP contribution in [0, 0.1) is 0 Å². The number of benzene rings is 1. The molecule has 2 aliphatic heterocycles. The van der Waals surface area contributed by atoms with Crippen LogP contribution in [0.5, 0.6) is 0 Å². The van der Waals surface area contributed by atoms with Crippen LogP contribution >= 0.6 is 11.8 Å². The number of hydrogen-bond donors (Lipinski definition) is 1. The molecule has 2 fully saturated rings. The number of ether oxygens (including phenoxy) is 1. The molecule has 3 amide bonds. The van der Waals surface area contributed by atoms with E-state index in [9.17, 15) is 14.4 Å². The second-order valence-electron chi connectivity index (χ2n) is 7.92. The maximum absolute atomic E-state index is 12.8. The van der Waals surface area contributed by atoms with E-state index in [0.29, 0.717) is 52.0 Å². The SMILES string of the molecule is CCOC(=O)N1CCN(C(=O)CC[C@@]2(Cc3ccc(SC)cc3)CCC(=O)N2)CC1. The van der Waals surface area contributed by atoms with Crippen LogP contribution in [0.15, 0.2) is 29.2 Å². The van der Waals surface area contributed by atoms with E-state index in [1.807, 2.05) is 11.2 Å². The molecule has 1 aromatic carbocycles. The molecule has 0 aromatic heterocycles. The fraction of sp³-hybridized carbons (Fsp3) is 0.591. The summed E-state index contributed by atoms with van der Waals surface area (Å²) in [5, 5.41) is 3.15. The molecule has 8 heteroatoms. The molecule has 0 saturated carbocycles. The maximum Gasteiger partial charge on any atom is 0.409 e. The first-order valence-corrected chi connectivity index (χ1v) is 11.8. The summed E-state index contributed by atoms with van der Waals surface area (Å²) in [6.07, 6.45) is 4.74. The number of nitrogens with one attached hydrogen (secondary N) is 1. The molecule has 2 saturated heterocycles. The van der Waals surface area contributed by atoms with Gasteiger partial charge in [-0.25, -0.2) is 4.79 Å². The summed E-state index contributed by atoms with van der Waals surface area (Å²) < 4.78 is 5.03. The van der Waals surface area contributed by atoms with E-state index in [1.54, 1.807) is 23.6 Å². The van der Waals surface area contributed by atoms with Gasteiger partial charge in [0.25, 0.3) is 0 Å². The molecule has 2 heterocycles. The lowest BCUT2D eigenvalue weighted by atomic mass is 9.85. The van der Waals surface area contributed by atoms with Gasteiger partial charge in [-0.05, 0) is 50.1 Å². The van der Waals surface area contributed by atoms with Gasteiger partial charge in [0.05, 0.1) is 6.61 Å². The Bertz CT molecular complexity index is 762. The Morgan fingerprint density at radius 3 is 2.37 bits per heavy atom. The van der Waals surface area contributed by atoms with E-state index in [2.05, 4.69) is 29.6 Å². The highest BCUT2D eigenvalue weighted by Crippen LogP contribution is 2.30. The third-order valence-electron chi connectivity index (χ3n) is 5.91. The summed E-state index contributed by atoms with van der Waals surface area (Å²) in [7, 11) is 0. The minimum Gasteiger partial charge on any atom is -0.450 e. The largest absolute Gasteiger partial charge is 0.450 e. The molecule has 0 radical (unpaired) electrons. The lowest BCUT2D eigenvalue weighted by Crippen LogP contribution is -2.51. The molecule has 0 aliphatic carbocycles. The Hall–Kier alpha value is -2.22. The van der Waals surface area contributed by atoms with E-state index in [-0.39, 0.29) is 23.4 Å². The molecule has 7 nitrogen and oxygen atoms in total. The predicted molar refractivity (Wildman–Crippen MR) is 116 cm³/mol. The van der Waals surface area contributed by atoms with Crippen molar-refractivity contribution < 1.29 is 19.1 Å². The van der Waals surface area contributed by atoms with E-state index >= 15 is 0 Å². The van der Waals surface area contributed by atoms with Crippen molar-refractivity contribution >= 4 is 29.7 Å². The van der Waals surface area contributed by atoms with Gasteiger partial charge in [0, 0.05) is 49.5 Å². The zero-order valence-electron chi connectivity index (χ0n) is 17.8. The Labute approximate surface area is 182 Å². The minimum absolute atomic E-state index is 0.0613. The second kappa shape index (κ2) is 10.2. The van der Waals surface area contributed by atoms with Crippen LogP contribution in [0.1, 0.15) is 38.2 Å². The molecule has 164 valence electrons. The van der Waals surface area contributed by atoms with Crippen molar-refractivity contribution in [3.8, 4) is 0 Å². The lowest BCUT2D eigenvalue weighted by molar-refractivity contribution is -0.133. The summed E-state index contributed by atoms with van der Waals surface area (Å²) in [6.45, 7) is 4.17. The van der Waals surface area contributed by atoms with Crippen LogP contribution < -0.4 is 5.32 Å². The van der Waals surface area contributed by atoms with Gasteiger partial charge in [-0.3, -0.25) is 9.59 Å². The highest BCUT2D eigenvalue weighted by atomic mass is 32.2. The number of nitrogens with zero attached hydrogens (tertiary/aromatic N) is 2. The highest BCUT2D eigenvalue weighted by molar-refractivity contribution is 7.98. The number of carbonyl (C=O) groups excluding carboxylic acids is 3. The van der Waals surface area contributed by atoms with Gasteiger partial charge in [0.15, 0.2) is 0 Å². The van der Waals surface area contributed by atoms with Crippen molar-refractivity contribution in [1.82, 2.24) is 15.1 Å². The van der Waals surface area contributed by atoms with Crippen molar-refractivity contribution in [2.75, 3.05) is 39.0 Å². The van der Waals surface area contributed by atoms with Crippen LogP contribution in [0.2, 0.25) is 0 Å². The molecule has 0 bridgehead atoms. The highest BCUT2D eigenvalue weighted by Gasteiger charge is 2.38. The summed E-state index contributed by atoms with van der Waals surface area (Å²) in [5.41, 5.74) is 0.811. The average molecular weight is 434 g/mol. The standard InChI is InChI=1S/C22H31N3O4S/c1-3-29-21(28)25-14-12-24(13-15-25)20(27)9-11-22(10-8-19(26)23-22)16-17-4-6-18(30-2)7-5-17/h4-7H,3,8-16H2,1-2H3,(H,23,26)/t22-/m1/s1. The Kier molecular flexibility index (Phi) is 7.64. The first kappa shape index (κ1) is 22.5. The molecule has 1 N–H and O–H groups in total. The topological polar surface area (TPSA) is 79.0 Å². The number of thioether (sulfide) groups is 1. The van der Waals surface area contributed by atoms with E-state index < -0.39 is 0 Å². The van der Waals surface area contributed by atoms with Gasteiger partial charge in [-0.1, -0.05) is 12.1 Å². The molecule has 0 unspecified atom stereocenters. The zero-order chi connectivity index (χ0) is 21.6. The molecule has 0 spiro atoms. The normalized spacial score (nSPS) is 21.5. The maximum atomic E-state index is 12.8. The number of rotatable bonds is 7. The molecule has 1 aromatic rings. The van der Waals surface area contributed by atoms with Crippen molar-refractivity contribution in [2.24, 2.45) is 0 Å². The first-order chi connectivity index (χ1) is 14.4. The van der Waals surface area contributed by atoms with Crippen molar-refractivity contribution in [2.45, 2.75) is 49.5 Å². The van der Waals surface area contributed by atoms with Crippen LogP contribution in [0.4, 0.5) is 4.79 Å². The van der Waals surface area contributed by atoms with Crippen molar-refractivity contribution in [1.29, 1.82) is 0 Å². The summed E-state index contributed by atoms with van der Waals surface area (Å²) in [4.78, 5) is 41.3. The number of piperazine rings is 1. The van der Waals surface area contributed by atoms with Gasteiger partial charge in [0.1, 0.15) is 0 Å². The minimum atomic E-state index is -0.361. The molecule has 2 aliphatic rings. The fourth-order valence-corrected chi connectivity index (χ4v) is 4.58. The predicted octanol–water partition coefficient (Wildman–Crippen LogP) is 2.68. The van der Waals surface area contributed by atoms with Crippen LogP contribution in [0.25, 0.3) is 0 Å². The zero-order valence-corrected chi connectivity index (χ0v) is 18.6. The van der Waals surface area contributed by atoms with Crippen LogP contribution in [-0.2, 0) is 20.7 Å². The van der Waals surface area contributed by atoms with Crippen molar-refractivity contribution in [3.05, 3.63) is 29.8 Å². The van der Waals surface area contributed by atoms with Gasteiger partial charge in [-0.15, -0.1) is 11.8 Å². The van der Waals surface area contributed by atoms with Crippen LogP contribution in [-0.4, -0.2) is 72.3 Å². The number of carbonyl (C=O) groups is 3. The Balaban J connectivity index is 1.55. The van der Waals surface area contributed by atoms with Crippen LogP contribution in [0.3, 0.4) is 0 Å². The Morgan fingerprint density at radius 2 is 1.80 bits per heavy atom. The number of hydrogen-bond acceptors (Lipinski definition) is 5.